The average Bonchev–Trinajstić information content (AvgIpc) is 3.38. The molecule has 4 saturated carbocycles. The van der Waals surface area contributed by atoms with Crippen molar-refractivity contribution >= 4 is 17.5 Å². The van der Waals surface area contributed by atoms with Crippen LogP contribution in [-0.4, -0.2) is 23.7 Å². The molecular weight excluding hydrogens is 347 g/mol. The lowest BCUT2D eigenvalue weighted by atomic mass is 9.47. The van der Waals surface area contributed by atoms with Gasteiger partial charge < -0.3 is 4.74 Å². The Morgan fingerprint density at radius 2 is 1.85 bits per heavy atom. The van der Waals surface area contributed by atoms with Crippen molar-refractivity contribution in [3.63, 3.8) is 0 Å². The Hall–Kier alpha value is -1.52. The van der Waals surface area contributed by atoms with Gasteiger partial charge in [-0.05, 0) is 73.2 Å². The first-order chi connectivity index (χ1) is 12.7. The number of alkyl halides is 1. The summed E-state index contributed by atoms with van der Waals surface area (Å²) < 4.78 is 19.8. The van der Waals surface area contributed by atoms with Crippen molar-refractivity contribution in [3.05, 3.63) is 11.3 Å². The lowest BCUT2D eigenvalue weighted by Crippen LogP contribution is -2.52. The molecule has 4 nitrogen and oxygen atoms in total. The summed E-state index contributed by atoms with van der Waals surface area (Å²) in [5.41, 5.74) is 0.336. The third-order valence-corrected chi connectivity index (χ3v) is 8.92. The van der Waals surface area contributed by atoms with Gasteiger partial charge in [0, 0.05) is 18.3 Å². The number of ketones is 2. The van der Waals surface area contributed by atoms with Crippen molar-refractivity contribution in [3.8, 4) is 0 Å². The van der Waals surface area contributed by atoms with Crippen LogP contribution in [0.4, 0.5) is 4.39 Å². The summed E-state index contributed by atoms with van der Waals surface area (Å²) in [5.74, 6) is 0.719. The van der Waals surface area contributed by atoms with Gasteiger partial charge in [-0.2, -0.15) is 0 Å². The van der Waals surface area contributed by atoms with Crippen LogP contribution < -0.4 is 0 Å². The van der Waals surface area contributed by atoms with Crippen molar-refractivity contribution in [2.24, 2.45) is 40.4 Å². The molecular formula is C22H27FO4. The summed E-state index contributed by atoms with van der Waals surface area (Å²) in [6.45, 7) is 5.56. The zero-order chi connectivity index (χ0) is 19.3. The Bertz CT molecular complexity index is 800. The fourth-order valence-corrected chi connectivity index (χ4v) is 7.56. The molecule has 5 aliphatic rings. The van der Waals surface area contributed by atoms with Crippen molar-refractivity contribution in [2.75, 3.05) is 0 Å². The summed E-state index contributed by atoms with van der Waals surface area (Å²) >= 11 is 0. The predicted octanol–water partition coefficient (Wildman–Crippen LogP) is 3.78. The van der Waals surface area contributed by atoms with Crippen LogP contribution in [0.25, 0.3) is 0 Å². The van der Waals surface area contributed by atoms with Crippen LogP contribution in [0.5, 0.6) is 0 Å². The quantitative estimate of drug-likeness (QED) is 0.656. The SMILES string of the molecule is CC(=O)OC1=C2CC[C@H]3[C@@H]4C[C@H](F)C(=O)[C@@]4(C)CC[C@@H]3[C@@]2(C)C2C[C@@H]2C1=O. The number of fused-ring (bicyclic) bond motifs is 7. The van der Waals surface area contributed by atoms with E-state index >= 15 is 0 Å². The average molecular weight is 374 g/mol. The van der Waals surface area contributed by atoms with E-state index in [1.54, 1.807) is 0 Å². The molecule has 0 aromatic rings. The maximum atomic E-state index is 14.3. The van der Waals surface area contributed by atoms with Gasteiger partial charge in [-0.15, -0.1) is 0 Å². The topological polar surface area (TPSA) is 60.4 Å². The number of carbonyl (C=O) groups is 3. The van der Waals surface area contributed by atoms with Crippen molar-refractivity contribution in [1.82, 2.24) is 0 Å². The van der Waals surface area contributed by atoms with Crippen LogP contribution in [0.2, 0.25) is 0 Å². The molecule has 8 atom stereocenters. The van der Waals surface area contributed by atoms with E-state index in [1.165, 1.54) is 6.92 Å². The number of halogens is 1. The highest BCUT2D eigenvalue weighted by Gasteiger charge is 2.68. The van der Waals surface area contributed by atoms with E-state index < -0.39 is 17.6 Å². The molecule has 0 saturated heterocycles. The number of allylic oxidation sites excluding steroid dienone is 1. The van der Waals surface area contributed by atoms with Crippen LogP contribution in [0.3, 0.4) is 0 Å². The Balaban J connectivity index is 1.57. The molecule has 0 radical (unpaired) electrons. The maximum Gasteiger partial charge on any atom is 0.308 e. The Morgan fingerprint density at radius 3 is 2.56 bits per heavy atom. The summed E-state index contributed by atoms with van der Waals surface area (Å²) in [4.78, 5) is 36.9. The Labute approximate surface area is 158 Å². The largest absolute Gasteiger partial charge is 0.423 e. The molecule has 4 fully saturated rings. The Morgan fingerprint density at radius 1 is 1.11 bits per heavy atom. The standard InChI is InChI=1S/C22H27FO4/c1-10(24)27-19-14-5-4-11-13(22(14,3)16-8-12(16)18(19)25)6-7-21(2)15(11)9-17(23)20(21)26/h11-13,15-17H,4-9H2,1-3H3/t11-,12+,13+,15+,16?,17+,21+,22-/m1/s1. The van der Waals surface area contributed by atoms with Crippen LogP contribution in [-0.2, 0) is 19.1 Å². The molecule has 5 aliphatic carbocycles. The van der Waals surface area contributed by atoms with Gasteiger partial charge in [0.25, 0.3) is 0 Å². The van der Waals surface area contributed by atoms with Crippen molar-refractivity contribution in [2.45, 2.75) is 65.5 Å². The van der Waals surface area contributed by atoms with E-state index in [2.05, 4.69) is 6.92 Å². The number of ether oxygens (including phenoxy) is 1. The van der Waals surface area contributed by atoms with E-state index in [9.17, 15) is 18.8 Å². The second-order valence-corrected chi connectivity index (χ2v) is 9.94. The fourth-order valence-electron chi connectivity index (χ4n) is 7.56. The molecule has 0 aliphatic heterocycles. The maximum absolute atomic E-state index is 14.3. The zero-order valence-corrected chi connectivity index (χ0v) is 16.2. The van der Waals surface area contributed by atoms with Gasteiger partial charge in [-0.1, -0.05) is 13.8 Å². The summed E-state index contributed by atoms with van der Waals surface area (Å²) in [6, 6.07) is 0. The lowest BCUT2D eigenvalue weighted by Gasteiger charge is -2.57. The zero-order valence-electron chi connectivity index (χ0n) is 16.2. The number of Topliss-reactive ketones (excluding diaryl/α,β-unsaturated/α-hetero) is 2. The molecule has 27 heavy (non-hydrogen) atoms. The van der Waals surface area contributed by atoms with Gasteiger partial charge >= 0.3 is 5.97 Å². The molecule has 5 rings (SSSR count). The molecule has 0 aromatic carbocycles. The van der Waals surface area contributed by atoms with Gasteiger partial charge in [-0.3, -0.25) is 14.4 Å². The minimum Gasteiger partial charge on any atom is -0.423 e. The molecule has 0 heterocycles. The number of carbonyl (C=O) groups excluding carboxylic acids is 3. The summed E-state index contributed by atoms with van der Waals surface area (Å²) in [7, 11) is 0. The third-order valence-electron chi connectivity index (χ3n) is 8.92. The van der Waals surface area contributed by atoms with Gasteiger partial charge in [0.05, 0.1) is 0 Å². The van der Waals surface area contributed by atoms with E-state index in [-0.39, 0.29) is 28.8 Å². The molecule has 0 spiro atoms. The lowest BCUT2D eigenvalue weighted by molar-refractivity contribution is -0.143. The van der Waals surface area contributed by atoms with Crippen LogP contribution in [0.1, 0.15) is 59.3 Å². The molecule has 0 aromatic heterocycles. The van der Waals surface area contributed by atoms with Crippen LogP contribution in [0, 0.1) is 40.4 Å². The van der Waals surface area contributed by atoms with Gasteiger partial charge in [0.2, 0.25) is 5.78 Å². The number of esters is 1. The van der Waals surface area contributed by atoms with Gasteiger partial charge in [0.1, 0.15) is 0 Å². The van der Waals surface area contributed by atoms with Crippen molar-refractivity contribution < 1.29 is 23.5 Å². The van der Waals surface area contributed by atoms with E-state index in [4.69, 9.17) is 4.74 Å². The minimum atomic E-state index is -1.32. The molecule has 0 bridgehead atoms. The minimum absolute atomic E-state index is 0.00152. The van der Waals surface area contributed by atoms with Crippen molar-refractivity contribution in [1.29, 1.82) is 0 Å². The highest BCUT2D eigenvalue weighted by atomic mass is 19.1. The first-order valence-corrected chi connectivity index (χ1v) is 10.3. The summed E-state index contributed by atoms with van der Waals surface area (Å²) in [5, 5.41) is 0. The first kappa shape index (κ1) is 17.6. The third kappa shape index (κ3) is 2.06. The second-order valence-electron chi connectivity index (χ2n) is 9.94. The fraction of sp³-hybridized carbons (Fsp3) is 0.773. The summed E-state index contributed by atoms with van der Waals surface area (Å²) in [6.07, 6.45) is 3.09. The first-order valence-electron chi connectivity index (χ1n) is 10.3. The van der Waals surface area contributed by atoms with E-state index in [1.807, 2.05) is 6.92 Å². The number of hydrogen-bond donors (Lipinski definition) is 0. The smallest absolute Gasteiger partial charge is 0.308 e. The van der Waals surface area contributed by atoms with E-state index in [0.29, 0.717) is 36.4 Å². The molecule has 0 N–H and O–H groups in total. The molecule has 146 valence electrons. The predicted molar refractivity (Wildman–Crippen MR) is 95.1 cm³/mol. The van der Waals surface area contributed by atoms with Crippen LogP contribution in [0.15, 0.2) is 11.3 Å². The monoisotopic (exact) mass is 374 g/mol. The highest BCUT2D eigenvalue weighted by Crippen LogP contribution is 2.71. The van der Waals surface area contributed by atoms with Crippen LogP contribution >= 0.6 is 0 Å². The normalized spacial score (nSPS) is 50.5. The molecule has 1 unspecified atom stereocenters. The molecule has 0 amide bonds. The number of rotatable bonds is 1. The van der Waals surface area contributed by atoms with Gasteiger partial charge in [-0.25, -0.2) is 4.39 Å². The second kappa shape index (κ2) is 5.30. The number of hydrogen-bond acceptors (Lipinski definition) is 4. The molecule has 5 heteroatoms. The van der Waals surface area contributed by atoms with Gasteiger partial charge in [0.15, 0.2) is 17.7 Å². The Kier molecular flexibility index (Phi) is 3.45. The van der Waals surface area contributed by atoms with E-state index in [0.717, 1.165) is 31.3 Å². The highest BCUT2D eigenvalue weighted by molar-refractivity contribution is 6.01.